The van der Waals surface area contributed by atoms with E-state index in [2.05, 4.69) is 17.0 Å². The highest BCUT2D eigenvalue weighted by Crippen LogP contribution is 2.29. The molecular formula is C15H19ClN4OS. The van der Waals surface area contributed by atoms with Gasteiger partial charge in [0.15, 0.2) is 5.69 Å². The lowest BCUT2D eigenvalue weighted by atomic mass is 9.98. The van der Waals surface area contributed by atoms with Crippen LogP contribution in [0.25, 0.3) is 0 Å². The number of thiazole rings is 1. The van der Waals surface area contributed by atoms with Gasteiger partial charge in [-0.3, -0.25) is 9.48 Å². The Morgan fingerprint density at radius 3 is 3.14 bits per heavy atom. The molecule has 2 aromatic heterocycles. The standard InChI is InChI=1S/C15H19ClN4OS/c1-2-6-20-10-12(16)13(18-20)15(21)19-7-3-4-11(9-19)14-17-5-8-22-14/h5,8,10-11H,2-4,6-7,9H2,1H3/t11-/m0/s1. The fourth-order valence-corrected chi connectivity index (χ4v) is 3.83. The Morgan fingerprint density at radius 2 is 2.41 bits per heavy atom. The van der Waals surface area contributed by atoms with Gasteiger partial charge in [0, 0.05) is 43.3 Å². The Labute approximate surface area is 138 Å². The van der Waals surface area contributed by atoms with Crippen molar-refractivity contribution < 1.29 is 4.79 Å². The quantitative estimate of drug-likeness (QED) is 0.858. The Morgan fingerprint density at radius 1 is 1.55 bits per heavy atom. The highest BCUT2D eigenvalue weighted by molar-refractivity contribution is 7.09. The van der Waals surface area contributed by atoms with Gasteiger partial charge in [-0.25, -0.2) is 4.98 Å². The first-order chi connectivity index (χ1) is 10.7. The number of piperidine rings is 1. The predicted octanol–water partition coefficient (Wildman–Crippen LogP) is 3.42. The van der Waals surface area contributed by atoms with E-state index in [1.807, 2.05) is 16.5 Å². The molecule has 1 aliphatic heterocycles. The highest BCUT2D eigenvalue weighted by atomic mass is 35.5. The molecule has 0 spiro atoms. The van der Waals surface area contributed by atoms with Crippen molar-refractivity contribution in [3.8, 4) is 0 Å². The van der Waals surface area contributed by atoms with E-state index in [0.29, 0.717) is 23.2 Å². The van der Waals surface area contributed by atoms with Gasteiger partial charge in [-0.15, -0.1) is 11.3 Å². The first kappa shape index (κ1) is 15.5. The van der Waals surface area contributed by atoms with Crippen LogP contribution in [0.15, 0.2) is 17.8 Å². The minimum absolute atomic E-state index is 0.0684. The zero-order valence-corrected chi connectivity index (χ0v) is 14.1. The number of aromatic nitrogens is 3. The Balaban J connectivity index is 1.74. The molecule has 0 bridgehead atoms. The zero-order chi connectivity index (χ0) is 15.5. The lowest BCUT2D eigenvalue weighted by Gasteiger charge is -2.31. The van der Waals surface area contributed by atoms with E-state index in [4.69, 9.17) is 11.6 Å². The molecule has 1 amide bonds. The van der Waals surface area contributed by atoms with Crippen molar-refractivity contribution in [2.45, 2.75) is 38.6 Å². The maximum Gasteiger partial charge on any atom is 0.275 e. The second-order valence-corrected chi connectivity index (χ2v) is 6.88. The number of hydrogen-bond donors (Lipinski definition) is 0. The van der Waals surface area contributed by atoms with Gasteiger partial charge >= 0.3 is 0 Å². The number of rotatable bonds is 4. The van der Waals surface area contributed by atoms with Crippen molar-refractivity contribution >= 4 is 28.8 Å². The SMILES string of the molecule is CCCn1cc(Cl)c(C(=O)N2CCC[C@H](c3nccs3)C2)n1. The summed E-state index contributed by atoms with van der Waals surface area (Å²) in [4.78, 5) is 19.0. The molecule has 5 nitrogen and oxygen atoms in total. The summed E-state index contributed by atoms with van der Waals surface area (Å²) in [6, 6.07) is 0. The van der Waals surface area contributed by atoms with E-state index in [1.54, 1.807) is 22.2 Å². The van der Waals surface area contributed by atoms with E-state index in [1.165, 1.54) is 0 Å². The van der Waals surface area contributed by atoms with Crippen LogP contribution in [0.1, 0.15) is 47.6 Å². The zero-order valence-electron chi connectivity index (χ0n) is 12.5. The van der Waals surface area contributed by atoms with Crippen LogP contribution < -0.4 is 0 Å². The molecule has 118 valence electrons. The number of carbonyl (C=O) groups is 1. The third-order valence-electron chi connectivity index (χ3n) is 3.88. The average molecular weight is 339 g/mol. The van der Waals surface area contributed by atoms with Gasteiger partial charge in [-0.2, -0.15) is 5.10 Å². The molecule has 3 rings (SSSR count). The molecule has 0 radical (unpaired) electrons. The minimum Gasteiger partial charge on any atom is -0.337 e. The molecule has 22 heavy (non-hydrogen) atoms. The van der Waals surface area contributed by atoms with E-state index < -0.39 is 0 Å². The van der Waals surface area contributed by atoms with E-state index in [-0.39, 0.29) is 5.91 Å². The summed E-state index contributed by atoms with van der Waals surface area (Å²) in [6.45, 7) is 4.30. The van der Waals surface area contributed by atoms with Crippen LogP contribution in [-0.4, -0.2) is 38.7 Å². The van der Waals surface area contributed by atoms with E-state index in [0.717, 1.165) is 37.4 Å². The maximum atomic E-state index is 12.7. The second kappa shape index (κ2) is 6.79. The number of likely N-dealkylation sites (tertiary alicyclic amines) is 1. The summed E-state index contributed by atoms with van der Waals surface area (Å²) < 4.78 is 1.75. The predicted molar refractivity (Wildman–Crippen MR) is 87.5 cm³/mol. The van der Waals surface area contributed by atoms with Crippen LogP contribution in [0, 0.1) is 0 Å². The minimum atomic E-state index is -0.0684. The fraction of sp³-hybridized carbons (Fsp3) is 0.533. The van der Waals surface area contributed by atoms with Gasteiger partial charge in [-0.05, 0) is 19.3 Å². The normalized spacial score (nSPS) is 18.6. The van der Waals surface area contributed by atoms with Crippen LogP contribution in [0.2, 0.25) is 5.02 Å². The summed E-state index contributed by atoms with van der Waals surface area (Å²) in [5, 5.41) is 7.88. The lowest BCUT2D eigenvalue weighted by Crippen LogP contribution is -2.39. The Bertz CT molecular complexity index is 640. The molecule has 0 aromatic carbocycles. The van der Waals surface area contributed by atoms with Gasteiger partial charge in [0.2, 0.25) is 0 Å². The Kier molecular flexibility index (Phi) is 4.78. The van der Waals surface area contributed by atoms with Gasteiger partial charge in [0.05, 0.1) is 10.0 Å². The molecule has 1 fully saturated rings. The van der Waals surface area contributed by atoms with Gasteiger partial charge in [0.25, 0.3) is 5.91 Å². The number of amides is 1. The molecule has 3 heterocycles. The van der Waals surface area contributed by atoms with Crippen molar-refractivity contribution in [3.05, 3.63) is 33.5 Å². The van der Waals surface area contributed by atoms with Crippen molar-refractivity contribution in [2.24, 2.45) is 0 Å². The van der Waals surface area contributed by atoms with E-state index in [9.17, 15) is 4.79 Å². The van der Waals surface area contributed by atoms with Gasteiger partial charge in [-0.1, -0.05) is 18.5 Å². The van der Waals surface area contributed by atoms with Crippen molar-refractivity contribution in [1.82, 2.24) is 19.7 Å². The molecule has 0 unspecified atom stereocenters. The lowest BCUT2D eigenvalue weighted by molar-refractivity contribution is 0.0700. The summed E-state index contributed by atoms with van der Waals surface area (Å²) >= 11 is 7.85. The van der Waals surface area contributed by atoms with Gasteiger partial charge in [0.1, 0.15) is 0 Å². The third-order valence-corrected chi connectivity index (χ3v) is 5.10. The molecule has 1 atom stereocenters. The van der Waals surface area contributed by atoms with Crippen molar-refractivity contribution in [1.29, 1.82) is 0 Å². The molecule has 1 aliphatic rings. The van der Waals surface area contributed by atoms with Crippen LogP contribution in [0.5, 0.6) is 0 Å². The summed E-state index contributed by atoms with van der Waals surface area (Å²) in [6.07, 6.45) is 6.59. The maximum absolute atomic E-state index is 12.7. The summed E-state index contributed by atoms with van der Waals surface area (Å²) in [5.41, 5.74) is 0.370. The van der Waals surface area contributed by atoms with Crippen LogP contribution in [-0.2, 0) is 6.54 Å². The smallest absolute Gasteiger partial charge is 0.275 e. The molecule has 0 aliphatic carbocycles. The number of hydrogen-bond acceptors (Lipinski definition) is 4. The van der Waals surface area contributed by atoms with E-state index >= 15 is 0 Å². The number of carbonyl (C=O) groups excluding carboxylic acids is 1. The largest absolute Gasteiger partial charge is 0.337 e. The first-order valence-electron chi connectivity index (χ1n) is 7.60. The van der Waals surface area contributed by atoms with Gasteiger partial charge < -0.3 is 4.90 Å². The molecule has 0 saturated carbocycles. The van der Waals surface area contributed by atoms with Crippen LogP contribution in [0.4, 0.5) is 0 Å². The molecule has 7 heteroatoms. The average Bonchev–Trinajstić information content (AvgIpc) is 3.17. The topological polar surface area (TPSA) is 51.0 Å². The highest BCUT2D eigenvalue weighted by Gasteiger charge is 2.29. The molecule has 2 aromatic rings. The number of nitrogens with zero attached hydrogens (tertiary/aromatic N) is 4. The Hall–Kier alpha value is -1.40. The van der Waals surface area contributed by atoms with Crippen LogP contribution in [0.3, 0.4) is 0 Å². The van der Waals surface area contributed by atoms with Crippen molar-refractivity contribution in [3.63, 3.8) is 0 Å². The monoisotopic (exact) mass is 338 g/mol. The number of aryl methyl sites for hydroxylation is 1. The molecule has 1 saturated heterocycles. The van der Waals surface area contributed by atoms with Crippen molar-refractivity contribution in [2.75, 3.05) is 13.1 Å². The third kappa shape index (κ3) is 3.17. The molecule has 0 N–H and O–H groups in total. The first-order valence-corrected chi connectivity index (χ1v) is 8.86. The second-order valence-electron chi connectivity index (χ2n) is 5.55. The number of halogens is 1. The molecular weight excluding hydrogens is 320 g/mol. The van der Waals surface area contributed by atoms with Crippen LogP contribution >= 0.6 is 22.9 Å². The summed E-state index contributed by atoms with van der Waals surface area (Å²) in [7, 11) is 0. The summed E-state index contributed by atoms with van der Waals surface area (Å²) in [5.74, 6) is 0.260. The fourth-order valence-electron chi connectivity index (χ4n) is 2.83.